The highest BCUT2D eigenvalue weighted by molar-refractivity contribution is 5.81. The molecule has 0 heterocycles. The first kappa shape index (κ1) is 14.9. The van der Waals surface area contributed by atoms with Gasteiger partial charge in [0, 0.05) is 18.4 Å². The third-order valence-electron chi connectivity index (χ3n) is 1.91. The average molecular weight is 229 g/mol. The Kier molecular flexibility index (Phi) is 5.48. The molecule has 0 rings (SSSR count). The summed E-state index contributed by atoms with van der Waals surface area (Å²) in [6.07, 6.45) is -0.131. The molecule has 0 unspecified atom stereocenters. The summed E-state index contributed by atoms with van der Waals surface area (Å²) in [5.41, 5.74) is -0.508. The average Bonchev–Trinajstić information content (AvgIpc) is 1.98. The number of nitrogens with one attached hydrogen (secondary N) is 1. The molecular weight excluding hydrogens is 206 g/mol. The van der Waals surface area contributed by atoms with Crippen LogP contribution in [0.15, 0.2) is 0 Å². The van der Waals surface area contributed by atoms with Crippen LogP contribution in [-0.2, 0) is 9.53 Å². The number of carbonyl (C=O) groups excluding carboxylic acids is 2. The number of amides is 1. The molecule has 0 aromatic carbocycles. The van der Waals surface area contributed by atoms with E-state index in [4.69, 9.17) is 4.74 Å². The lowest BCUT2D eigenvalue weighted by Gasteiger charge is -2.22. The molecule has 16 heavy (non-hydrogen) atoms. The fourth-order valence-electron chi connectivity index (χ4n) is 1.10. The molecule has 0 aliphatic carbocycles. The van der Waals surface area contributed by atoms with Crippen LogP contribution in [0.1, 0.15) is 48.0 Å². The maximum Gasteiger partial charge on any atom is 0.407 e. The molecule has 4 nitrogen and oxygen atoms in total. The van der Waals surface area contributed by atoms with E-state index in [1.54, 1.807) is 27.7 Å². The Hall–Kier alpha value is -1.06. The van der Waals surface area contributed by atoms with Gasteiger partial charge in [0.25, 0.3) is 0 Å². The predicted octanol–water partition coefficient (Wildman–Crippen LogP) is 2.51. The quantitative estimate of drug-likeness (QED) is 0.805. The van der Waals surface area contributed by atoms with E-state index >= 15 is 0 Å². The third-order valence-corrected chi connectivity index (χ3v) is 1.91. The van der Waals surface area contributed by atoms with Gasteiger partial charge >= 0.3 is 6.09 Å². The molecule has 4 heteroatoms. The van der Waals surface area contributed by atoms with Gasteiger partial charge in [-0.1, -0.05) is 13.8 Å². The van der Waals surface area contributed by atoms with E-state index in [2.05, 4.69) is 5.32 Å². The van der Waals surface area contributed by atoms with E-state index in [1.165, 1.54) is 0 Å². The van der Waals surface area contributed by atoms with Crippen LogP contribution in [0.2, 0.25) is 0 Å². The van der Waals surface area contributed by atoms with E-state index in [9.17, 15) is 9.59 Å². The van der Waals surface area contributed by atoms with Crippen LogP contribution in [-0.4, -0.2) is 23.5 Å². The highest BCUT2D eigenvalue weighted by Crippen LogP contribution is 2.08. The molecule has 0 radical (unpaired) electrons. The summed E-state index contributed by atoms with van der Waals surface area (Å²) in [5, 5.41) is 2.64. The molecule has 1 N–H and O–H groups in total. The molecule has 1 atom stereocenters. The summed E-state index contributed by atoms with van der Waals surface area (Å²) < 4.78 is 5.09. The second kappa shape index (κ2) is 5.87. The molecule has 0 spiro atoms. The lowest BCUT2D eigenvalue weighted by Crippen LogP contribution is -2.39. The summed E-state index contributed by atoms with van der Waals surface area (Å²) in [5.74, 6) is 0.145. The van der Waals surface area contributed by atoms with Crippen LogP contribution < -0.4 is 5.32 Å². The first-order chi connectivity index (χ1) is 7.11. The number of alkyl carbamates (subject to hydrolysis) is 1. The monoisotopic (exact) mass is 229 g/mol. The number of ketones is 1. The molecule has 1 amide bonds. The van der Waals surface area contributed by atoms with Crippen molar-refractivity contribution in [1.29, 1.82) is 0 Å². The number of Topliss-reactive ketones (excluding diaryl/α,β-unsaturated/α-hetero) is 1. The third kappa shape index (κ3) is 7.26. The van der Waals surface area contributed by atoms with Gasteiger partial charge in [-0.25, -0.2) is 4.79 Å². The van der Waals surface area contributed by atoms with Crippen LogP contribution in [0.25, 0.3) is 0 Å². The lowest BCUT2D eigenvalue weighted by atomic mass is 10.0. The fourth-order valence-corrected chi connectivity index (χ4v) is 1.10. The second-order valence-electron chi connectivity index (χ2n) is 5.37. The zero-order chi connectivity index (χ0) is 12.9. The zero-order valence-electron chi connectivity index (χ0n) is 11.1. The lowest BCUT2D eigenvalue weighted by molar-refractivity contribution is -0.122. The van der Waals surface area contributed by atoms with Crippen molar-refractivity contribution in [2.24, 2.45) is 5.92 Å². The van der Waals surface area contributed by atoms with E-state index in [-0.39, 0.29) is 17.7 Å². The normalized spacial score (nSPS) is 13.4. The summed E-state index contributed by atoms with van der Waals surface area (Å²) in [4.78, 5) is 22.8. The van der Waals surface area contributed by atoms with Gasteiger partial charge in [-0.2, -0.15) is 0 Å². The van der Waals surface area contributed by atoms with Gasteiger partial charge in [0.2, 0.25) is 0 Å². The molecular formula is C12H23NO3. The topological polar surface area (TPSA) is 55.4 Å². The Balaban J connectivity index is 4.01. The van der Waals surface area contributed by atoms with Crippen LogP contribution >= 0.6 is 0 Å². The SMILES string of the molecule is CC(C)C(=O)C[C@@H](C)NC(=O)OC(C)(C)C. The molecule has 0 saturated carbocycles. The molecule has 0 fully saturated rings. The van der Waals surface area contributed by atoms with Crippen LogP contribution in [0.3, 0.4) is 0 Å². The Bertz CT molecular complexity index is 253. The molecule has 0 aromatic rings. The number of ether oxygens (including phenoxy) is 1. The Morgan fingerprint density at radius 3 is 2.06 bits per heavy atom. The smallest absolute Gasteiger partial charge is 0.407 e. The summed E-state index contributed by atoms with van der Waals surface area (Å²) in [6.45, 7) is 10.9. The zero-order valence-corrected chi connectivity index (χ0v) is 11.1. The molecule has 0 aromatic heterocycles. The number of hydrogen-bond acceptors (Lipinski definition) is 3. The van der Waals surface area contributed by atoms with Crippen LogP contribution in [0.5, 0.6) is 0 Å². The van der Waals surface area contributed by atoms with Crippen molar-refractivity contribution in [2.75, 3.05) is 0 Å². The fraction of sp³-hybridized carbons (Fsp3) is 0.833. The molecule has 0 aliphatic heterocycles. The Morgan fingerprint density at radius 2 is 1.69 bits per heavy atom. The molecule has 0 aliphatic rings. The Labute approximate surface area is 97.7 Å². The van der Waals surface area contributed by atoms with Gasteiger partial charge in [-0.3, -0.25) is 4.79 Å². The first-order valence-electron chi connectivity index (χ1n) is 5.64. The maximum absolute atomic E-state index is 11.4. The van der Waals surface area contributed by atoms with Gasteiger partial charge in [-0.15, -0.1) is 0 Å². The highest BCUT2D eigenvalue weighted by atomic mass is 16.6. The van der Waals surface area contributed by atoms with Crippen molar-refractivity contribution in [3.8, 4) is 0 Å². The van der Waals surface area contributed by atoms with Crippen LogP contribution in [0, 0.1) is 5.92 Å². The molecule has 0 saturated heterocycles. The largest absolute Gasteiger partial charge is 0.444 e. The molecule has 94 valence electrons. The minimum absolute atomic E-state index is 0.00267. The van der Waals surface area contributed by atoms with Gasteiger partial charge in [0.15, 0.2) is 0 Å². The van der Waals surface area contributed by atoms with Crippen molar-refractivity contribution >= 4 is 11.9 Å². The Morgan fingerprint density at radius 1 is 1.19 bits per heavy atom. The number of hydrogen-bond donors (Lipinski definition) is 1. The minimum atomic E-state index is -0.508. The summed E-state index contributed by atoms with van der Waals surface area (Å²) in [7, 11) is 0. The summed E-state index contributed by atoms with van der Waals surface area (Å²) in [6, 6.07) is -0.190. The van der Waals surface area contributed by atoms with E-state index in [1.807, 2.05) is 13.8 Å². The van der Waals surface area contributed by atoms with Crippen molar-refractivity contribution < 1.29 is 14.3 Å². The van der Waals surface area contributed by atoms with Crippen molar-refractivity contribution in [3.05, 3.63) is 0 Å². The van der Waals surface area contributed by atoms with E-state index in [0.717, 1.165) is 0 Å². The number of rotatable bonds is 4. The predicted molar refractivity (Wildman–Crippen MR) is 63.3 cm³/mol. The maximum atomic E-state index is 11.4. The summed E-state index contributed by atoms with van der Waals surface area (Å²) >= 11 is 0. The van der Waals surface area contributed by atoms with Gasteiger partial charge in [0.1, 0.15) is 11.4 Å². The van der Waals surface area contributed by atoms with Crippen molar-refractivity contribution in [3.63, 3.8) is 0 Å². The molecule has 0 bridgehead atoms. The highest BCUT2D eigenvalue weighted by Gasteiger charge is 2.19. The van der Waals surface area contributed by atoms with Gasteiger partial charge in [-0.05, 0) is 27.7 Å². The second-order valence-corrected chi connectivity index (χ2v) is 5.37. The van der Waals surface area contributed by atoms with E-state index < -0.39 is 11.7 Å². The van der Waals surface area contributed by atoms with Gasteiger partial charge in [0.05, 0.1) is 0 Å². The number of carbonyl (C=O) groups is 2. The first-order valence-corrected chi connectivity index (χ1v) is 5.64. The van der Waals surface area contributed by atoms with Crippen molar-refractivity contribution in [1.82, 2.24) is 5.32 Å². The van der Waals surface area contributed by atoms with Crippen molar-refractivity contribution in [2.45, 2.75) is 59.6 Å². The minimum Gasteiger partial charge on any atom is -0.444 e. The van der Waals surface area contributed by atoms with E-state index in [0.29, 0.717) is 6.42 Å². The van der Waals surface area contributed by atoms with Crippen LogP contribution in [0.4, 0.5) is 4.79 Å². The van der Waals surface area contributed by atoms with Gasteiger partial charge < -0.3 is 10.1 Å². The standard InChI is InChI=1S/C12H23NO3/c1-8(2)10(14)7-9(3)13-11(15)16-12(4,5)6/h8-9H,7H2,1-6H3,(H,13,15)/t9-/m1/s1.